The average Bonchev–Trinajstić information content (AvgIpc) is 2.69. The number of nitrogens with two attached hydrogens (primary N) is 1. The summed E-state index contributed by atoms with van der Waals surface area (Å²) in [6.07, 6.45) is 2.05. The molecule has 0 aliphatic rings. The van der Waals surface area contributed by atoms with Gasteiger partial charge < -0.3 is 15.5 Å². The van der Waals surface area contributed by atoms with Crippen LogP contribution in [0.2, 0.25) is 0 Å². The van der Waals surface area contributed by atoms with Gasteiger partial charge in [-0.2, -0.15) is 0 Å². The number of hydrogen-bond acceptors (Lipinski definition) is 3. The molecule has 1 aromatic heterocycles. The highest BCUT2D eigenvalue weighted by molar-refractivity contribution is 9.10. The minimum absolute atomic E-state index is 0.243. The standard InChI is InChI=1S/C12H16BrN3O/c1-7(17-2)3-4-11-15-10-6-8(13)5-9(14)12(10)16-11/h5-7H,3-4,14H2,1-2H3,(H,15,16). The second-order valence-electron chi connectivity index (χ2n) is 4.16. The van der Waals surface area contributed by atoms with Gasteiger partial charge in [-0.05, 0) is 25.5 Å². The topological polar surface area (TPSA) is 63.9 Å². The normalized spacial score (nSPS) is 13.1. The first-order valence-electron chi connectivity index (χ1n) is 5.56. The first-order valence-corrected chi connectivity index (χ1v) is 6.36. The number of hydrogen-bond donors (Lipinski definition) is 2. The Hall–Kier alpha value is -1.07. The number of imidazole rings is 1. The third-order valence-corrected chi connectivity index (χ3v) is 3.28. The Morgan fingerprint density at radius 2 is 2.29 bits per heavy atom. The van der Waals surface area contributed by atoms with E-state index in [1.807, 2.05) is 19.1 Å². The van der Waals surface area contributed by atoms with Crippen molar-refractivity contribution in [3.8, 4) is 0 Å². The summed E-state index contributed by atoms with van der Waals surface area (Å²) in [4.78, 5) is 7.78. The molecule has 17 heavy (non-hydrogen) atoms. The van der Waals surface area contributed by atoms with Crippen LogP contribution in [-0.4, -0.2) is 23.2 Å². The molecule has 1 atom stereocenters. The molecule has 0 aliphatic carbocycles. The number of aromatic nitrogens is 2. The number of aryl methyl sites for hydroxylation is 1. The van der Waals surface area contributed by atoms with Crippen molar-refractivity contribution in [2.24, 2.45) is 0 Å². The van der Waals surface area contributed by atoms with Crippen molar-refractivity contribution in [2.75, 3.05) is 12.8 Å². The molecule has 1 aromatic carbocycles. The monoisotopic (exact) mass is 297 g/mol. The fourth-order valence-electron chi connectivity index (χ4n) is 1.73. The van der Waals surface area contributed by atoms with Crippen molar-refractivity contribution in [2.45, 2.75) is 25.9 Å². The van der Waals surface area contributed by atoms with Gasteiger partial charge in [0.2, 0.25) is 0 Å². The zero-order valence-electron chi connectivity index (χ0n) is 9.96. The molecular formula is C12H16BrN3O. The number of nitrogens with one attached hydrogen (secondary N) is 1. The van der Waals surface area contributed by atoms with E-state index in [0.717, 1.165) is 34.2 Å². The summed E-state index contributed by atoms with van der Waals surface area (Å²) in [7, 11) is 1.72. The number of aromatic amines is 1. The van der Waals surface area contributed by atoms with Gasteiger partial charge in [0.25, 0.3) is 0 Å². The highest BCUT2D eigenvalue weighted by atomic mass is 79.9. The first-order chi connectivity index (χ1) is 8.10. The van der Waals surface area contributed by atoms with Gasteiger partial charge in [-0.25, -0.2) is 4.98 Å². The SMILES string of the molecule is COC(C)CCc1nc2c(N)cc(Br)cc2[nH]1. The van der Waals surface area contributed by atoms with E-state index in [1.54, 1.807) is 7.11 Å². The van der Waals surface area contributed by atoms with Crippen LogP contribution in [0.1, 0.15) is 19.2 Å². The van der Waals surface area contributed by atoms with Crippen LogP contribution in [0.25, 0.3) is 11.0 Å². The molecule has 4 nitrogen and oxygen atoms in total. The highest BCUT2D eigenvalue weighted by Gasteiger charge is 2.08. The van der Waals surface area contributed by atoms with Crippen LogP contribution in [0, 0.1) is 0 Å². The number of nitrogens with zero attached hydrogens (tertiary/aromatic N) is 1. The van der Waals surface area contributed by atoms with Gasteiger partial charge in [-0.15, -0.1) is 0 Å². The number of ether oxygens (including phenoxy) is 1. The Balaban J connectivity index is 2.23. The van der Waals surface area contributed by atoms with E-state index in [9.17, 15) is 0 Å². The van der Waals surface area contributed by atoms with Crippen molar-refractivity contribution >= 4 is 32.7 Å². The second kappa shape index (κ2) is 5.06. The van der Waals surface area contributed by atoms with E-state index >= 15 is 0 Å². The molecule has 0 spiro atoms. The van der Waals surface area contributed by atoms with Crippen molar-refractivity contribution < 1.29 is 4.74 Å². The maximum absolute atomic E-state index is 5.92. The Kier molecular flexibility index (Phi) is 3.69. The lowest BCUT2D eigenvalue weighted by molar-refractivity contribution is 0.111. The highest BCUT2D eigenvalue weighted by Crippen LogP contribution is 2.24. The van der Waals surface area contributed by atoms with E-state index in [2.05, 4.69) is 25.9 Å². The van der Waals surface area contributed by atoms with Gasteiger partial charge in [0.1, 0.15) is 11.3 Å². The van der Waals surface area contributed by atoms with E-state index in [-0.39, 0.29) is 6.10 Å². The maximum atomic E-state index is 5.92. The number of nitrogen functional groups attached to an aromatic ring is 1. The minimum Gasteiger partial charge on any atom is -0.397 e. The van der Waals surface area contributed by atoms with Gasteiger partial charge >= 0.3 is 0 Å². The first kappa shape index (κ1) is 12.4. The number of halogens is 1. The van der Waals surface area contributed by atoms with Gasteiger partial charge in [-0.1, -0.05) is 15.9 Å². The largest absolute Gasteiger partial charge is 0.397 e. The van der Waals surface area contributed by atoms with Crippen LogP contribution >= 0.6 is 15.9 Å². The molecule has 0 saturated heterocycles. The Morgan fingerprint density at radius 1 is 1.53 bits per heavy atom. The van der Waals surface area contributed by atoms with Crippen LogP contribution in [0.5, 0.6) is 0 Å². The van der Waals surface area contributed by atoms with Crippen molar-refractivity contribution in [1.82, 2.24) is 9.97 Å². The van der Waals surface area contributed by atoms with Gasteiger partial charge in [0.05, 0.1) is 17.3 Å². The van der Waals surface area contributed by atoms with Crippen LogP contribution in [0.15, 0.2) is 16.6 Å². The molecule has 0 radical (unpaired) electrons. The summed E-state index contributed by atoms with van der Waals surface area (Å²) in [5.41, 5.74) is 8.42. The van der Waals surface area contributed by atoms with Crippen LogP contribution < -0.4 is 5.73 Å². The molecule has 2 aromatic rings. The number of fused-ring (bicyclic) bond motifs is 1. The van der Waals surface area contributed by atoms with Crippen LogP contribution in [-0.2, 0) is 11.2 Å². The smallest absolute Gasteiger partial charge is 0.112 e. The summed E-state index contributed by atoms with van der Waals surface area (Å²) in [6, 6.07) is 3.85. The van der Waals surface area contributed by atoms with Gasteiger partial charge in [0.15, 0.2) is 0 Å². The summed E-state index contributed by atoms with van der Waals surface area (Å²) in [5, 5.41) is 0. The summed E-state index contributed by atoms with van der Waals surface area (Å²) >= 11 is 3.42. The molecule has 2 rings (SSSR count). The van der Waals surface area contributed by atoms with Gasteiger partial charge in [-0.3, -0.25) is 0 Å². The molecule has 0 amide bonds. The fourth-order valence-corrected chi connectivity index (χ4v) is 2.21. The summed E-state index contributed by atoms with van der Waals surface area (Å²) < 4.78 is 6.18. The quantitative estimate of drug-likeness (QED) is 0.853. The number of anilines is 1. The van der Waals surface area contributed by atoms with E-state index in [0.29, 0.717) is 5.69 Å². The number of rotatable bonds is 4. The number of benzene rings is 1. The third kappa shape index (κ3) is 2.79. The zero-order valence-corrected chi connectivity index (χ0v) is 11.5. The molecule has 1 unspecified atom stereocenters. The predicted octanol–water partition coefficient (Wildman–Crippen LogP) is 2.88. The van der Waals surface area contributed by atoms with Crippen LogP contribution in [0.4, 0.5) is 5.69 Å². The molecule has 3 N–H and O–H groups in total. The van der Waals surface area contributed by atoms with E-state index < -0.39 is 0 Å². The molecule has 0 saturated carbocycles. The van der Waals surface area contributed by atoms with E-state index in [1.165, 1.54) is 0 Å². The Labute approximate surface area is 109 Å². The molecule has 0 aliphatic heterocycles. The molecular weight excluding hydrogens is 282 g/mol. The maximum Gasteiger partial charge on any atom is 0.112 e. The zero-order chi connectivity index (χ0) is 12.4. The van der Waals surface area contributed by atoms with E-state index in [4.69, 9.17) is 10.5 Å². The Morgan fingerprint density at radius 3 is 3.00 bits per heavy atom. The third-order valence-electron chi connectivity index (χ3n) is 2.82. The predicted molar refractivity (Wildman–Crippen MR) is 73.0 cm³/mol. The average molecular weight is 298 g/mol. The van der Waals surface area contributed by atoms with Crippen molar-refractivity contribution in [3.05, 3.63) is 22.4 Å². The van der Waals surface area contributed by atoms with Crippen molar-refractivity contribution in [3.63, 3.8) is 0 Å². The minimum atomic E-state index is 0.243. The molecule has 5 heteroatoms. The molecule has 0 fully saturated rings. The molecule has 1 heterocycles. The summed E-state index contributed by atoms with van der Waals surface area (Å²) in [6.45, 7) is 2.05. The molecule has 92 valence electrons. The van der Waals surface area contributed by atoms with Crippen molar-refractivity contribution in [1.29, 1.82) is 0 Å². The van der Waals surface area contributed by atoms with Gasteiger partial charge in [0, 0.05) is 18.0 Å². The lowest BCUT2D eigenvalue weighted by Crippen LogP contribution is -2.06. The lowest BCUT2D eigenvalue weighted by atomic mass is 10.2. The number of methoxy groups -OCH3 is 1. The fraction of sp³-hybridized carbons (Fsp3) is 0.417. The summed E-state index contributed by atoms with van der Waals surface area (Å²) in [5.74, 6) is 0.953. The lowest BCUT2D eigenvalue weighted by Gasteiger charge is -2.06. The second-order valence-corrected chi connectivity index (χ2v) is 5.08. The molecule has 0 bridgehead atoms. The van der Waals surface area contributed by atoms with Crippen LogP contribution in [0.3, 0.4) is 0 Å². The Bertz CT molecular complexity index is 524. The number of H-pyrrole nitrogens is 1.